The minimum Gasteiger partial charge on any atom is -0.373 e. The molecule has 28 heavy (non-hydrogen) atoms. The summed E-state index contributed by atoms with van der Waals surface area (Å²) in [5, 5.41) is 6.93. The molecule has 2 N–H and O–H groups in total. The maximum Gasteiger partial charge on any atom is 0.191 e. The van der Waals surface area contributed by atoms with E-state index in [1.54, 1.807) is 0 Å². The summed E-state index contributed by atoms with van der Waals surface area (Å²) in [6.07, 6.45) is 2.46. The van der Waals surface area contributed by atoms with Gasteiger partial charge in [0.25, 0.3) is 0 Å². The molecular weight excluding hydrogens is 463 g/mol. The largest absolute Gasteiger partial charge is 0.373 e. The Morgan fingerprint density at radius 3 is 2.50 bits per heavy atom. The highest BCUT2D eigenvalue weighted by Gasteiger charge is 2.27. The van der Waals surface area contributed by atoms with Crippen molar-refractivity contribution in [1.29, 1.82) is 0 Å². The van der Waals surface area contributed by atoms with Crippen molar-refractivity contribution in [2.45, 2.75) is 52.2 Å². The third-order valence-electron chi connectivity index (χ3n) is 5.56. The van der Waals surface area contributed by atoms with Crippen molar-refractivity contribution >= 4 is 29.9 Å². The van der Waals surface area contributed by atoms with E-state index >= 15 is 0 Å². The molecule has 1 aliphatic rings. The fraction of sp³-hybridized carbons (Fsp3) is 0.682. The first-order valence-electron chi connectivity index (χ1n) is 10.2. The molecule has 0 spiro atoms. The Kier molecular flexibility index (Phi) is 10.8. The Balaban J connectivity index is 0.00000392. The van der Waals surface area contributed by atoms with Gasteiger partial charge in [0.05, 0.1) is 12.6 Å². The van der Waals surface area contributed by atoms with E-state index in [0.717, 1.165) is 38.6 Å². The van der Waals surface area contributed by atoms with Crippen LogP contribution >= 0.6 is 24.0 Å². The predicted molar refractivity (Wildman–Crippen MR) is 130 cm³/mol. The maximum absolute atomic E-state index is 6.15. The molecule has 1 aliphatic heterocycles. The molecule has 1 heterocycles. The number of ether oxygens (including phenoxy) is 1. The number of halogens is 1. The molecule has 2 rings (SSSR count). The average molecular weight is 502 g/mol. The lowest BCUT2D eigenvalue weighted by Crippen LogP contribution is -2.45. The zero-order valence-electron chi connectivity index (χ0n) is 18.4. The van der Waals surface area contributed by atoms with Gasteiger partial charge in [-0.3, -0.25) is 4.99 Å². The van der Waals surface area contributed by atoms with E-state index in [2.05, 4.69) is 81.6 Å². The molecule has 1 aromatic rings. The van der Waals surface area contributed by atoms with Gasteiger partial charge in [-0.25, -0.2) is 0 Å². The van der Waals surface area contributed by atoms with Crippen LogP contribution in [0.5, 0.6) is 0 Å². The topological polar surface area (TPSA) is 48.9 Å². The van der Waals surface area contributed by atoms with Crippen LogP contribution in [0, 0.1) is 12.8 Å². The van der Waals surface area contributed by atoms with Crippen molar-refractivity contribution in [2.75, 3.05) is 40.3 Å². The average Bonchev–Trinajstić information content (AvgIpc) is 2.65. The van der Waals surface area contributed by atoms with Crippen LogP contribution in [0.1, 0.15) is 50.8 Å². The fourth-order valence-electron chi connectivity index (χ4n) is 3.16. The van der Waals surface area contributed by atoms with Crippen molar-refractivity contribution in [1.82, 2.24) is 15.5 Å². The first-order valence-corrected chi connectivity index (χ1v) is 10.2. The molecule has 0 amide bonds. The molecule has 0 radical (unpaired) electrons. The zero-order chi connectivity index (χ0) is 19.9. The standard InChI is InChI=1S/C22H38N4O.HI/c1-7-23-21(25-16-22(3,4)26(5)6)24-15-19-9-8-14-27-20(19)18-12-10-17(2)11-13-18;/h10-13,19-20H,7-9,14-16H2,1-6H3,(H2,23,24,25);1H. The minimum absolute atomic E-state index is 0. The Morgan fingerprint density at radius 1 is 1.21 bits per heavy atom. The monoisotopic (exact) mass is 502 g/mol. The molecule has 0 bridgehead atoms. The Bertz CT molecular complexity index is 601. The van der Waals surface area contributed by atoms with Crippen molar-refractivity contribution in [3.8, 4) is 0 Å². The van der Waals surface area contributed by atoms with Gasteiger partial charge in [-0.1, -0.05) is 29.8 Å². The number of benzene rings is 1. The van der Waals surface area contributed by atoms with E-state index in [4.69, 9.17) is 9.73 Å². The molecule has 1 saturated heterocycles. The lowest BCUT2D eigenvalue weighted by atomic mass is 9.89. The van der Waals surface area contributed by atoms with Gasteiger partial charge in [-0.2, -0.15) is 0 Å². The van der Waals surface area contributed by atoms with Crippen LogP contribution in [-0.4, -0.2) is 56.7 Å². The lowest BCUT2D eigenvalue weighted by molar-refractivity contribution is -0.0265. The summed E-state index contributed by atoms with van der Waals surface area (Å²) < 4.78 is 6.15. The second-order valence-corrected chi connectivity index (χ2v) is 8.39. The zero-order valence-corrected chi connectivity index (χ0v) is 20.7. The van der Waals surface area contributed by atoms with Gasteiger partial charge < -0.3 is 20.3 Å². The molecule has 5 nitrogen and oxygen atoms in total. The molecule has 6 heteroatoms. The number of aliphatic imine (C=N–C) groups is 1. The normalized spacial score (nSPS) is 20.6. The summed E-state index contributed by atoms with van der Waals surface area (Å²) >= 11 is 0. The van der Waals surface area contributed by atoms with Crippen LogP contribution in [0.4, 0.5) is 0 Å². The highest BCUT2D eigenvalue weighted by Crippen LogP contribution is 2.33. The van der Waals surface area contributed by atoms with Gasteiger partial charge in [-0.05, 0) is 60.2 Å². The van der Waals surface area contributed by atoms with E-state index in [1.807, 2.05) is 0 Å². The van der Waals surface area contributed by atoms with Gasteiger partial charge in [0.2, 0.25) is 0 Å². The number of nitrogens with one attached hydrogen (secondary N) is 2. The summed E-state index contributed by atoms with van der Waals surface area (Å²) in [7, 11) is 4.20. The van der Waals surface area contributed by atoms with Crippen LogP contribution < -0.4 is 10.6 Å². The van der Waals surface area contributed by atoms with Crippen LogP contribution in [0.2, 0.25) is 0 Å². The molecular formula is C22H39IN4O. The number of guanidine groups is 1. The van der Waals surface area contributed by atoms with Gasteiger partial charge in [0.1, 0.15) is 0 Å². The highest BCUT2D eigenvalue weighted by molar-refractivity contribution is 14.0. The Morgan fingerprint density at radius 2 is 1.89 bits per heavy atom. The SMILES string of the molecule is CCNC(=NCC(C)(C)N(C)C)NCC1CCCOC1c1ccc(C)cc1.I. The third-order valence-corrected chi connectivity index (χ3v) is 5.56. The van der Waals surface area contributed by atoms with E-state index in [1.165, 1.54) is 17.5 Å². The van der Waals surface area contributed by atoms with Gasteiger partial charge >= 0.3 is 0 Å². The summed E-state index contributed by atoms with van der Waals surface area (Å²) in [5.74, 6) is 1.34. The second-order valence-electron chi connectivity index (χ2n) is 8.39. The molecule has 0 saturated carbocycles. The van der Waals surface area contributed by atoms with E-state index in [-0.39, 0.29) is 35.6 Å². The second kappa shape index (κ2) is 12.0. The number of rotatable bonds is 7. The van der Waals surface area contributed by atoms with Gasteiger partial charge in [-0.15, -0.1) is 24.0 Å². The van der Waals surface area contributed by atoms with Crippen LogP contribution in [0.3, 0.4) is 0 Å². The molecule has 1 aromatic carbocycles. The van der Waals surface area contributed by atoms with Crippen LogP contribution in [0.15, 0.2) is 29.3 Å². The molecule has 1 fully saturated rings. The molecule has 2 atom stereocenters. The quantitative estimate of drug-likeness (QED) is 0.337. The third kappa shape index (κ3) is 7.52. The van der Waals surface area contributed by atoms with Crippen molar-refractivity contribution in [3.63, 3.8) is 0 Å². The van der Waals surface area contributed by atoms with Crippen LogP contribution in [0.25, 0.3) is 0 Å². The number of hydrogen-bond acceptors (Lipinski definition) is 3. The smallest absolute Gasteiger partial charge is 0.191 e. The Labute approximate surface area is 188 Å². The van der Waals surface area contributed by atoms with E-state index in [9.17, 15) is 0 Å². The molecule has 160 valence electrons. The minimum atomic E-state index is 0. The van der Waals surface area contributed by atoms with E-state index in [0.29, 0.717) is 5.92 Å². The lowest BCUT2D eigenvalue weighted by Gasteiger charge is -2.33. The van der Waals surface area contributed by atoms with Crippen molar-refractivity contribution in [3.05, 3.63) is 35.4 Å². The fourth-order valence-corrected chi connectivity index (χ4v) is 3.16. The molecule has 2 unspecified atom stereocenters. The number of hydrogen-bond donors (Lipinski definition) is 2. The molecule has 0 aliphatic carbocycles. The van der Waals surface area contributed by atoms with Crippen molar-refractivity contribution < 1.29 is 4.74 Å². The Hall–Kier alpha value is -0.860. The summed E-state index contributed by atoms with van der Waals surface area (Å²) in [4.78, 5) is 7.02. The predicted octanol–water partition coefficient (Wildman–Crippen LogP) is 3.98. The van der Waals surface area contributed by atoms with Gasteiger partial charge in [0, 0.05) is 31.2 Å². The maximum atomic E-state index is 6.15. The number of nitrogens with zero attached hydrogens (tertiary/aromatic N) is 2. The van der Waals surface area contributed by atoms with Crippen molar-refractivity contribution in [2.24, 2.45) is 10.9 Å². The number of likely N-dealkylation sites (N-methyl/N-ethyl adjacent to an activating group) is 1. The first kappa shape index (κ1) is 25.2. The first-order chi connectivity index (χ1) is 12.8. The highest BCUT2D eigenvalue weighted by atomic mass is 127. The summed E-state index contributed by atoms with van der Waals surface area (Å²) in [5.41, 5.74) is 2.60. The van der Waals surface area contributed by atoms with Gasteiger partial charge in [0.15, 0.2) is 5.96 Å². The molecule has 0 aromatic heterocycles. The van der Waals surface area contributed by atoms with Crippen LogP contribution in [-0.2, 0) is 4.74 Å². The van der Waals surface area contributed by atoms with E-state index < -0.39 is 0 Å². The summed E-state index contributed by atoms with van der Waals surface area (Å²) in [6, 6.07) is 8.76. The number of aryl methyl sites for hydroxylation is 1. The summed E-state index contributed by atoms with van der Waals surface area (Å²) in [6.45, 7) is 12.0.